The third-order valence-corrected chi connectivity index (χ3v) is 4.47. The quantitative estimate of drug-likeness (QED) is 0.509. The number of aryl methyl sites for hydroxylation is 1. The van der Waals surface area contributed by atoms with E-state index in [-0.39, 0.29) is 23.2 Å². The molecule has 2 amide bonds. The Balaban J connectivity index is 2.17. The van der Waals surface area contributed by atoms with Gasteiger partial charge in [0.1, 0.15) is 0 Å². The Morgan fingerprint density at radius 2 is 1.50 bits per heavy atom. The summed E-state index contributed by atoms with van der Waals surface area (Å²) in [5.41, 5.74) is 3.11. The molecule has 0 radical (unpaired) electrons. The zero-order chi connectivity index (χ0) is 22.4. The zero-order valence-electron chi connectivity index (χ0n) is 17.9. The summed E-state index contributed by atoms with van der Waals surface area (Å²) < 4.78 is 7.27. The van der Waals surface area contributed by atoms with Gasteiger partial charge in [0.25, 0.3) is 0 Å². The van der Waals surface area contributed by atoms with Crippen molar-refractivity contribution >= 4 is 34.9 Å². The molecule has 0 unspecified atom stereocenters. The largest absolute Gasteiger partial charge is 0.454 e. The minimum absolute atomic E-state index is 0.106. The van der Waals surface area contributed by atoms with E-state index in [0.717, 1.165) is 24.4 Å². The fourth-order valence-electron chi connectivity index (χ4n) is 3.24. The number of anilines is 2. The molecule has 0 bridgehead atoms. The van der Waals surface area contributed by atoms with Crippen molar-refractivity contribution in [3.8, 4) is 0 Å². The van der Waals surface area contributed by atoms with E-state index >= 15 is 0 Å². The van der Waals surface area contributed by atoms with Crippen molar-refractivity contribution in [2.45, 2.75) is 47.6 Å². The molecule has 30 heavy (non-hydrogen) atoms. The number of esters is 1. The number of carbonyl (C=O) groups is 4. The summed E-state index contributed by atoms with van der Waals surface area (Å²) in [6.45, 7) is 8.93. The normalized spacial score (nSPS) is 10.4. The molecular weight excluding hydrogens is 386 g/mol. The van der Waals surface area contributed by atoms with Crippen LogP contribution in [-0.2, 0) is 20.9 Å². The third kappa shape index (κ3) is 5.79. The lowest BCUT2D eigenvalue weighted by Crippen LogP contribution is -2.16. The summed E-state index contributed by atoms with van der Waals surface area (Å²) in [5, 5.41) is 5.13. The van der Waals surface area contributed by atoms with Crippen molar-refractivity contribution in [2.75, 3.05) is 17.2 Å². The molecular formula is C22H27N3O5. The Morgan fingerprint density at radius 1 is 0.933 bits per heavy atom. The smallest absolute Gasteiger partial charge is 0.338 e. The van der Waals surface area contributed by atoms with Gasteiger partial charge in [-0.15, -0.1) is 0 Å². The highest BCUT2D eigenvalue weighted by atomic mass is 16.5. The number of hydrogen-bond acceptors (Lipinski definition) is 5. The predicted octanol–water partition coefficient (Wildman–Crippen LogP) is 3.47. The van der Waals surface area contributed by atoms with Gasteiger partial charge in [-0.3, -0.25) is 14.4 Å². The molecule has 0 spiro atoms. The number of carbonyl (C=O) groups excluding carboxylic acids is 4. The molecule has 160 valence electrons. The van der Waals surface area contributed by atoms with Gasteiger partial charge in [-0.05, 0) is 44.5 Å². The van der Waals surface area contributed by atoms with Gasteiger partial charge in [-0.25, -0.2) is 4.79 Å². The standard InChI is InChI=1S/C22H27N3O5/c1-6-7-25-13(2)8-20(14(25)3)21(28)12-30-22(29)17-9-18(23-15(4)26)11-19(10-17)24-16(5)27/h8-11H,6-7,12H2,1-5H3,(H,23,26)(H,24,27). The summed E-state index contributed by atoms with van der Waals surface area (Å²) in [5.74, 6) is -1.68. The highest BCUT2D eigenvalue weighted by Crippen LogP contribution is 2.21. The van der Waals surface area contributed by atoms with Crippen molar-refractivity contribution in [3.05, 3.63) is 46.8 Å². The van der Waals surface area contributed by atoms with Crippen LogP contribution in [0.15, 0.2) is 24.3 Å². The molecule has 8 nitrogen and oxygen atoms in total. The highest BCUT2D eigenvalue weighted by Gasteiger charge is 2.18. The fourth-order valence-corrected chi connectivity index (χ4v) is 3.24. The van der Waals surface area contributed by atoms with E-state index in [1.165, 1.54) is 32.0 Å². The van der Waals surface area contributed by atoms with Crippen LogP contribution < -0.4 is 10.6 Å². The molecule has 0 fully saturated rings. The van der Waals surface area contributed by atoms with Gasteiger partial charge >= 0.3 is 5.97 Å². The molecule has 0 aliphatic carbocycles. The van der Waals surface area contributed by atoms with E-state index in [2.05, 4.69) is 22.1 Å². The summed E-state index contributed by atoms with van der Waals surface area (Å²) >= 11 is 0. The molecule has 0 atom stereocenters. The molecule has 2 rings (SSSR count). The van der Waals surface area contributed by atoms with Gasteiger partial charge in [0.2, 0.25) is 17.6 Å². The lowest BCUT2D eigenvalue weighted by molar-refractivity contribution is -0.115. The third-order valence-electron chi connectivity index (χ3n) is 4.47. The van der Waals surface area contributed by atoms with E-state index in [1.807, 2.05) is 13.8 Å². The number of hydrogen-bond donors (Lipinski definition) is 2. The van der Waals surface area contributed by atoms with Crippen molar-refractivity contribution < 1.29 is 23.9 Å². The van der Waals surface area contributed by atoms with E-state index in [9.17, 15) is 19.2 Å². The van der Waals surface area contributed by atoms with Crippen LogP contribution in [-0.4, -0.2) is 34.7 Å². The zero-order valence-corrected chi connectivity index (χ0v) is 17.9. The maximum absolute atomic E-state index is 12.6. The second kappa shape index (κ2) is 9.87. The van der Waals surface area contributed by atoms with Crippen LogP contribution in [0.3, 0.4) is 0 Å². The first-order chi connectivity index (χ1) is 14.1. The van der Waals surface area contributed by atoms with Crippen LogP contribution >= 0.6 is 0 Å². The first kappa shape index (κ1) is 22.9. The second-order valence-electron chi connectivity index (χ2n) is 7.10. The molecule has 8 heteroatoms. The van der Waals surface area contributed by atoms with Gasteiger partial charge in [0.05, 0.1) is 5.56 Å². The van der Waals surface area contributed by atoms with E-state index in [1.54, 1.807) is 6.07 Å². The number of rotatable bonds is 8. The average Bonchev–Trinajstić information content (AvgIpc) is 2.93. The molecule has 0 aliphatic heterocycles. The first-order valence-electron chi connectivity index (χ1n) is 9.69. The maximum Gasteiger partial charge on any atom is 0.338 e. The minimum atomic E-state index is -0.732. The van der Waals surface area contributed by atoms with Crippen molar-refractivity contribution in [2.24, 2.45) is 0 Å². The van der Waals surface area contributed by atoms with Crippen molar-refractivity contribution in [3.63, 3.8) is 0 Å². The topological polar surface area (TPSA) is 106 Å². The van der Waals surface area contributed by atoms with Gasteiger partial charge in [-0.2, -0.15) is 0 Å². The molecule has 0 saturated heterocycles. The van der Waals surface area contributed by atoms with Gasteiger partial charge in [0.15, 0.2) is 6.61 Å². The minimum Gasteiger partial charge on any atom is -0.454 e. The highest BCUT2D eigenvalue weighted by molar-refractivity contribution is 6.01. The lowest BCUT2D eigenvalue weighted by Gasteiger charge is -2.11. The molecule has 1 aromatic carbocycles. The van der Waals surface area contributed by atoms with Gasteiger partial charge in [0, 0.05) is 48.7 Å². The van der Waals surface area contributed by atoms with Crippen LogP contribution in [0.2, 0.25) is 0 Å². The molecule has 2 aromatic rings. The van der Waals surface area contributed by atoms with Crippen LogP contribution in [0.5, 0.6) is 0 Å². The number of ketones is 1. The van der Waals surface area contributed by atoms with Crippen LogP contribution in [0.4, 0.5) is 11.4 Å². The van der Waals surface area contributed by atoms with Crippen LogP contribution in [0.25, 0.3) is 0 Å². The molecule has 0 aliphatic rings. The molecule has 1 aromatic heterocycles. The number of amides is 2. The number of nitrogens with zero attached hydrogens (tertiary/aromatic N) is 1. The number of Topliss-reactive ketones (excluding diaryl/α,β-unsaturated/α-hetero) is 1. The molecule has 0 saturated carbocycles. The number of aromatic nitrogens is 1. The van der Waals surface area contributed by atoms with Crippen molar-refractivity contribution in [1.82, 2.24) is 4.57 Å². The lowest BCUT2D eigenvalue weighted by atomic mass is 10.1. The van der Waals surface area contributed by atoms with E-state index < -0.39 is 12.6 Å². The Hall–Kier alpha value is -3.42. The number of ether oxygens (including phenoxy) is 1. The van der Waals surface area contributed by atoms with Crippen LogP contribution in [0, 0.1) is 13.8 Å². The molecule has 2 N–H and O–H groups in total. The van der Waals surface area contributed by atoms with Crippen molar-refractivity contribution in [1.29, 1.82) is 0 Å². The Labute approximate surface area is 175 Å². The van der Waals surface area contributed by atoms with Gasteiger partial charge < -0.3 is 19.9 Å². The summed E-state index contributed by atoms with van der Waals surface area (Å²) in [4.78, 5) is 47.8. The van der Waals surface area contributed by atoms with E-state index in [0.29, 0.717) is 16.9 Å². The van der Waals surface area contributed by atoms with Gasteiger partial charge in [-0.1, -0.05) is 6.92 Å². The second-order valence-corrected chi connectivity index (χ2v) is 7.10. The summed E-state index contributed by atoms with van der Waals surface area (Å²) in [6.07, 6.45) is 0.945. The Kier molecular flexibility index (Phi) is 7.52. The SMILES string of the molecule is CCCn1c(C)cc(C(=O)COC(=O)c2cc(NC(C)=O)cc(NC(C)=O)c2)c1C. The average molecular weight is 413 g/mol. The maximum atomic E-state index is 12.6. The molecule has 1 heterocycles. The predicted molar refractivity (Wildman–Crippen MR) is 114 cm³/mol. The summed E-state index contributed by atoms with van der Waals surface area (Å²) in [6, 6.07) is 6.17. The number of nitrogens with one attached hydrogen (secondary N) is 2. The fraction of sp³-hybridized carbons (Fsp3) is 0.364. The number of benzene rings is 1. The Bertz CT molecular complexity index is 957. The Morgan fingerprint density at radius 3 is 2.00 bits per heavy atom. The summed E-state index contributed by atoms with van der Waals surface area (Å²) in [7, 11) is 0. The van der Waals surface area contributed by atoms with E-state index in [4.69, 9.17) is 4.74 Å². The first-order valence-corrected chi connectivity index (χ1v) is 9.69. The monoisotopic (exact) mass is 413 g/mol. The van der Waals surface area contributed by atoms with Crippen LogP contribution in [0.1, 0.15) is 59.3 Å².